The van der Waals surface area contributed by atoms with Crippen molar-refractivity contribution in [1.29, 1.82) is 5.26 Å². The predicted octanol–water partition coefficient (Wildman–Crippen LogP) is 3.43. The van der Waals surface area contributed by atoms with Gasteiger partial charge < -0.3 is 0 Å². The molecule has 14 heavy (non-hydrogen) atoms. The quantitative estimate of drug-likeness (QED) is 0.696. The Bertz CT molecular complexity index is 482. The van der Waals surface area contributed by atoms with Crippen LogP contribution in [0.2, 0.25) is 0 Å². The molecule has 0 unspecified atom stereocenters. The van der Waals surface area contributed by atoms with Crippen LogP contribution in [-0.4, -0.2) is 0 Å². The lowest BCUT2D eigenvalue weighted by atomic mass is 10.1. The summed E-state index contributed by atoms with van der Waals surface area (Å²) in [6, 6.07) is 10.3. The molecular weight excluding hydrogens is 197 g/mol. The number of halogens is 1. The molecule has 0 bridgehead atoms. The van der Waals surface area contributed by atoms with E-state index in [0.29, 0.717) is 0 Å². The van der Waals surface area contributed by atoms with Crippen molar-refractivity contribution < 1.29 is 4.39 Å². The minimum Gasteiger partial charge on any atom is -0.206 e. The Kier molecular flexibility index (Phi) is 2.30. The Morgan fingerprint density at radius 2 is 2.14 bits per heavy atom. The van der Waals surface area contributed by atoms with E-state index in [-0.39, 0.29) is 5.56 Å². The summed E-state index contributed by atoms with van der Waals surface area (Å²) in [5.41, 5.74) is 0.980. The molecule has 0 aliphatic rings. The minimum atomic E-state index is -0.465. The van der Waals surface area contributed by atoms with Crippen LogP contribution in [-0.2, 0) is 0 Å². The van der Waals surface area contributed by atoms with Crippen molar-refractivity contribution in [2.75, 3.05) is 0 Å². The summed E-state index contributed by atoms with van der Waals surface area (Å²) >= 11 is 1.57. The average Bonchev–Trinajstić information content (AvgIpc) is 2.71. The van der Waals surface area contributed by atoms with Crippen molar-refractivity contribution >= 4 is 11.3 Å². The summed E-state index contributed by atoms with van der Waals surface area (Å²) in [7, 11) is 0. The van der Waals surface area contributed by atoms with Gasteiger partial charge in [-0.15, -0.1) is 11.3 Å². The van der Waals surface area contributed by atoms with Crippen LogP contribution < -0.4 is 0 Å². The third kappa shape index (κ3) is 1.52. The van der Waals surface area contributed by atoms with Crippen LogP contribution in [0.4, 0.5) is 4.39 Å². The zero-order valence-corrected chi connectivity index (χ0v) is 8.01. The second-order valence-electron chi connectivity index (χ2n) is 2.78. The fourth-order valence-corrected chi connectivity index (χ4v) is 1.93. The van der Waals surface area contributed by atoms with E-state index in [1.165, 1.54) is 6.07 Å². The van der Waals surface area contributed by atoms with Gasteiger partial charge in [0.25, 0.3) is 0 Å². The molecule has 2 rings (SSSR count). The fraction of sp³-hybridized carbons (Fsp3) is 0. The maximum absolute atomic E-state index is 13.0. The van der Waals surface area contributed by atoms with Crippen molar-refractivity contribution in [3.8, 4) is 16.5 Å². The van der Waals surface area contributed by atoms with Crippen LogP contribution in [0.1, 0.15) is 5.56 Å². The smallest absolute Gasteiger partial charge is 0.140 e. The molecule has 1 heterocycles. The Morgan fingerprint density at radius 3 is 2.79 bits per heavy atom. The van der Waals surface area contributed by atoms with E-state index in [1.54, 1.807) is 23.5 Å². The van der Waals surface area contributed by atoms with Gasteiger partial charge in [0.2, 0.25) is 0 Å². The molecule has 1 aromatic heterocycles. The van der Waals surface area contributed by atoms with E-state index >= 15 is 0 Å². The molecule has 0 radical (unpaired) electrons. The van der Waals surface area contributed by atoms with E-state index in [0.717, 1.165) is 10.4 Å². The topological polar surface area (TPSA) is 23.8 Å². The van der Waals surface area contributed by atoms with Gasteiger partial charge >= 0.3 is 0 Å². The number of thiophene rings is 1. The summed E-state index contributed by atoms with van der Waals surface area (Å²) in [6.07, 6.45) is 0. The number of nitrogens with zero attached hydrogens (tertiary/aromatic N) is 1. The van der Waals surface area contributed by atoms with Crippen LogP contribution in [0.15, 0.2) is 35.7 Å². The molecule has 0 saturated heterocycles. The van der Waals surface area contributed by atoms with Crippen LogP contribution in [0.3, 0.4) is 0 Å². The minimum absolute atomic E-state index is 0.0934. The Hall–Kier alpha value is -1.66. The first-order valence-electron chi connectivity index (χ1n) is 4.05. The maximum atomic E-state index is 13.0. The zero-order valence-electron chi connectivity index (χ0n) is 7.20. The fourth-order valence-electron chi connectivity index (χ4n) is 1.21. The summed E-state index contributed by atoms with van der Waals surface area (Å²) in [5, 5.41) is 10.6. The van der Waals surface area contributed by atoms with E-state index in [4.69, 9.17) is 5.26 Å². The molecule has 0 aliphatic carbocycles. The van der Waals surface area contributed by atoms with E-state index in [1.807, 2.05) is 23.6 Å². The summed E-state index contributed by atoms with van der Waals surface area (Å²) in [4.78, 5) is 1.04. The van der Waals surface area contributed by atoms with E-state index < -0.39 is 5.82 Å². The van der Waals surface area contributed by atoms with Crippen LogP contribution in [0.5, 0.6) is 0 Å². The molecule has 1 nitrogen and oxygen atoms in total. The van der Waals surface area contributed by atoms with Gasteiger partial charge in [-0.05, 0) is 29.1 Å². The first-order valence-corrected chi connectivity index (χ1v) is 4.93. The van der Waals surface area contributed by atoms with Gasteiger partial charge in [0, 0.05) is 4.88 Å². The summed E-state index contributed by atoms with van der Waals surface area (Å²) in [5.74, 6) is -0.465. The molecule has 1 aromatic carbocycles. The average molecular weight is 203 g/mol. The highest BCUT2D eigenvalue weighted by Crippen LogP contribution is 2.25. The lowest BCUT2D eigenvalue weighted by molar-refractivity contribution is 0.624. The summed E-state index contributed by atoms with van der Waals surface area (Å²) < 4.78 is 13.0. The first-order chi connectivity index (χ1) is 6.81. The number of rotatable bonds is 1. The molecular formula is C11H6FNS. The maximum Gasteiger partial charge on any atom is 0.140 e. The highest BCUT2D eigenvalue weighted by molar-refractivity contribution is 7.13. The molecule has 0 amide bonds. The van der Waals surface area contributed by atoms with Crippen molar-refractivity contribution in [2.24, 2.45) is 0 Å². The lowest BCUT2D eigenvalue weighted by Crippen LogP contribution is -1.83. The largest absolute Gasteiger partial charge is 0.206 e. The molecule has 0 atom stereocenters. The molecule has 0 saturated carbocycles. The Morgan fingerprint density at radius 1 is 1.29 bits per heavy atom. The molecule has 0 spiro atoms. The number of benzene rings is 1. The van der Waals surface area contributed by atoms with Gasteiger partial charge in [0.1, 0.15) is 11.9 Å². The van der Waals surface area contributed by atoms with Crippen molar-refractivity contribution in [2.45, 2.75) is 0 Å². The van der Waals surface area contributed by atoms with Gasteiger partial charge in [0.05, 0.1) is 5.56 Å². The number of nitriles is 1. The van der Waals surface area contributed by atoms with Gasteiger partial charge in [-0.3, -0.25) is 0 Å². The van der Waals surface area contributed by atoms with Crippen LogP contribution >= 0.6 is 11.3 Å². The normalized spacial score (nSPS) is 9.71. The summed E-state index contributed by atoms with van der Waals surface area (Å²) in [6.45, 7) is 0. The third-order valence-corrected chi connectivity index (χ3v) is 2.81. The second-order valence-corrected chi connectivity index (χ2v) is 3.73. The molecule has 0 aliphatic heterocycles. The molecule has 3 heteroatoms. The van der Waals surface area contributed by atoms with E-state index in [2.05, 4.69) is 0 Å². The first kappa shape index (κ1) is 8.92. The van der Waals surface area contributed by atoms with Crippen molar-refractivity contribution in [1.82, 2.24) is 0 Å². The van der Waals surface area contributed by atoms with Gasteiger partial charge in [-0.2, -0.15) is 5.26 Å². The highest BCUT2D eigenvalue weighted by Gasteiger charge is 2.04. The van der Waals surface area contributed by atoms with Gasteiger partial charge in [0.15, 0.2) is 0 Å². The van der Waals surface area contributed by atoms with Crippen LogP contribution in [0, 0.1) is 17.1 Å². The van der Waals surface area contributed by atoms with Gasteiger partial charge in [-0.1, -0.05) is 12.1 Å². The van der Waals surface area contributed by atoms with Crippen LogP contribution in [0.25, 0.3) is 10.4 Å². The lowest BCUT2D eigenvalue weighted by Gasteiger charge is -1.98. The molecule has 0 fully saturated rings. The highest BCUT2D eigenvalue weighted by atomic mass is 32.1. The van der Waals surface area contributed by atoms with Gasteiger partial charge in [-0.25, -0.2) is 4.39 Å². The third-order valence-electron chi connectivity index (χ3n) is 1.89. The monoisotopic (exact) mass is 203 g/mol. The number of hydrogen-bond acceptors (Lipinski definition) is 2. The molecule has 0 N–H and O–H groups in total. The molecule has 2 aromatic rings. The van der Waals surface area contributed by atoms with Crippen molar-refractivity contribution in [3.05, 3.63) is 47.1 Å². The van der Waals surface area contributed by atoms with E-state index in [9.17, 15) is 4.39 Å². The SMILES string of the molecule is N#Cc1cc(-c2cccs2)ccc1F. The Labute approximate surface area is 85.1 Å². The predicted molar refractivity (Wildman–Crippen MR) is 54.4 cm³/mol. The standard InChI is InChI=1S/C11H6FNS/c12-10-4-3-8(6-9(10)7-13)11-2-1-5-14-11/h1-6H. The Balaban J connectivity index is 2.53. The number of hydrogen-bond donors (Lipinski definition) is 0. The molecule has 68 valence electrons. The zero-order chi connectivity index (χ0) is 9.97. The second kappa shape index (κ2) is 3.60. The van der Waals surface area contributed by atoms with Crippen molar-refractivity contribution in [3.63, 3.8) is 0 Å².